The van der Waals surface area contributed by atoms with Crippen molar-refractivity contribution in [3.63, 3.8) is 0 Å². The van der Waals surface area contributed by atoms with Gasteiger partial charge in [0, 0.05) is 34.5 Å². The highest BCUT2D eigenvalue weighted by Crippen LogP contribution is 2.36. The van der Waals surface area contributed by atoms with Crippen LogP contribution in [0.3, 0.4) is 0 Å². The Morgan fingerprint density at radius 2 is 2.21 bits per heavy atom. The number of nitrogens with one attached hydrogen (secondary N) is 1. The third kappa shape index (κ3) is 4.42. The normalized spacial score (nSPS) is 21.0. The van der Waals surface area contributed by atoms with Crippen LogP contribution in [0.2, 0.25) is 0 Å². The molecule has 0 bridgehead atoms. The van der Waals surface area contributed by atoms with Crippen molar-refractivity contribution in [1.82, 2.24) is 10.2 Å². The largest absolute Gasteiger partial charge is 0.333 e. The molecule has 1 fully saturated rings. The lowest BCUT2D eigenvalue weighted by molar-refractivity contribution is 0.192. The summed E-state index contributed by atoms with van der Waals surface area (Å²) in [7, 11) is 0. The molecule has 0 spiro atoms. The molecule has 1 aliphatic heterocycles. The van der Waals surface area contributed by atoms with Gasteiger partial charge >= 0.3 is 6.03 Å². The van der Waals surface area contributed by atoms with E-state index in [1.807, 2.05) is 48.8 Å². The highest BCUT2D eigenvalue weighted by Gasteiger charge is 2.24. The fourth-order valence-corrected chi connectivity index (χ4v) is 4.31. The monoisotopic (exact) mass is 298 g/mol. The summed E-state index contributed by atoms with van der Waals surface area (Å²) in [6.07, 6.45) is 1.04. The average molecular weight is 298 g/mol. The summed E-state index contributed by atoms with van der Waals surface area (Å²) in [5, 5.41) is 5.72. The number of urea groups is 1. The molecule has 5 heteroatoms. The third-order valence-corrected chi connectivity index (χ3v) is 5.42. The maximum absolute atomic E-state index is 12.2. The lowest BCUT2D eigenvalue weighted by Crippen LogP contribution is -2.49. The molecule has 2 amide bonds. The smallest absolute Gasteiger partial charge is 0.317 e. The predicted molar refractivity (Wildman–Crippen MR) is 84.0 cm³/mol. The van der Waals surface area contributed by atoms with Crippen LogP contribution in [0.25, 0.3) is 0 Å². The van der Waals surface area contributed by atoms with E-state index < -0.39 is 0 Å². The summed E-state index contributed by atoms with van der Waals surface area (Å²) in [5.41, 5.74) is -0.163. The standard InChI is InChI=1S/C14H22N2OS2/c1-14(2,3)15-13(17)16-7-6-12(19-10-8-16)11-5-4-9-18-11/h4-5,9,12H,6-8,10H2,1-3H3,(H,15,17)/t12-/m1/s1. The Morgan fingerprint density at radius 1 is 1.42 bits per heavy atom. The van der Waals surface area contributed by atoms with Gasteiger partial charge in [-0.05, 0) is 38.6 Å². The van der Waals surface area contributed by atoms with E-state index in [0.717, 1.165) is 25.3 Å². The average Bonchev–Trinajstić information content (AvgIpc) is 2.71. The van der Waals surface area contributed by atoms with Gasteiger partial charge in [0.1, 0.15) is 0 Å². The zero-order valence-electron chi connectivity index (χ0n) is 11.8. The third-order valence-electron chi connectivity index (χ3n) is 2.97. The number of hydrogen-bond acceptors (Lipinski definition) is 3. The van der Waals surface area contributed by atoms with E-state index in [1.165, 1.54) is 4.88 Å². The molecule has 1 saturated heterocycles. The molecule has 1 aliphatic rings. The first-order valence-corrected chi connectivity index (χ1v) is 8.61. The van der Waals surface area contributed by atoms with Crippen LogP contribution >= 0.6 is 23.1 Å². The second-order valence-electron chi connectivity index (χ2n) is 5.83. The Morgan fingerprint density at radius 3 is 2.84 bits per heavy atom. The van der Waals surface area contributed by atoms with Crippen LogP contribution in [0.5, 0.6) is 0 Å². The van der Waals surface area contributed by atoms with Gasteiger partial charge in [0.05, 0.1) is 0 Å². The Bertz CT molecular complexity index is 412. The van der Waals surface area contributed by atoms with Gasteiger partial charge in [-0.3, -0.25) is 0 Å². The molecule has 0 aromatic carbocycles. The number of carbonyl (C=O) groups excluding carboxylic acids is 1. The molecule has 0 unspecified atom stereocenters. The first-order chi connectivity index (χ1) is 8.96. The van der Waals surface area contributed by atoms with Crippen LogP contribution in [-0.4, -0.2) is 35.3 Å². The molecule has 3 nitrogen and oxygen atoms in total. The number of amides is 2. The van der Waals surface area contributed by atoms with E-state index in [2.05, 4.69) is 22.8 Å². The molecule has 1 aromatic rings. The van der Waals surface area contributed by atoms with Gasteiger partial charge < -0.3 is 10.2 Å². The van der Waals surface area contributed by atoms with Gasteiger partial charge in [-0.25, -0.2) is 4.79 Å². The number of hydrogen-bond donors (Lipinski definition) is 1. The fraction of sp³-hybridized carbons (Fsp3) is 0.643. The van der Waals surface area contributed by atoms with Crippen LogP contribution in [0.4, 0.5) is 4.79 Å². The molecule has 1 N–H and O–H groups in total. The molecule has 2 rings (SSSR count). The number of thiophene rings is 1. The minimum absolute atomic E-state index is 0.0694. The van der Waals surface area contributed by atoms with Gasteiger partial charge in [-0.2, -0.15) is 11.8 Å². The van der Waals surface area contributed by atoms with Gasteiger partial charge in [0.15, 0.2) is 0 Å². The lowest BCUT2D eigenvalue weighted by atomic mass is 10.1. The van der Waals surface area contributed by atoms with E-state index in [1.54, 1.807) is 0 Å². The molecular formula is C14H22N2OS2. The van der Waals surface area contributed by atoms with Gasteiger partial charge in [-0.1, -0.05) is 6.07 Å². The number of rotatable bonds is 1. The molecule has 1 atom stereocenters. The summed E-state index contributed by atoms with van der Waals surface area (Å²) >= 11 is 3.79. The molecule has 19 heavy (non-hydrogen) atoms. The van der Waals surface area contributed by atoms with Gasteiger partial charge in [-0.15, -0.1) is 11.3 Å². The zero-order valence-corrected chi connectivity index (χ0v) is 13.4. The van der Waals surface area contributed by atoms with Crippen LogP contribution in [0.1, 0.15) is 37.3 Å². The van der Waals surface area contributed by atoms with Crippen molar-refractivity contribution < 1.29 is 4.79 Å². The predicted octanol–water partition coefficient (Wildman–Crippen LogP) is 3.74. The van der Waals surface area contributed by atoms with E-state index in [-0.39, 0.29) is 11.6 Å². The SMILES string of the molecule is CC(C)(C)NC(=O)N1CCS[C@@H](c2cccs2)CC1. The van der Waals surface area contributed by atoms with E-state index in [4.69, 9.17) is 0 Å². The van der Waals surface area contributed by atoms with Crippen molar-refractivity contribution in [2.75, 3.05) is 18.8 Å². The van der Waals surface area contributed by atoms with Crippen molar-refractivity contribution in [3.05, 3.63) is 22.4 Å². The first kappa shape index (κ1) is 14.7. The minimum atomic E-state index is -0.163. The van der Waals surface area contributed by atoms with Crippen LogP contribution in [-0.2, 0) is 0 Å². The van der Waals surface area contributed by atoms with Crippen molar-refractivity contribution in [2.24, 2.45) is 0 Å². The number of nitrogens with zero attached hydrogens (tertiary/aromatic N) is 1. The second kappa shape index (κ2) is 6.18. The van der Waals surface area contributed by atoms with Gasteiger partial charge in [0.25, 0.3) is 0 Å². The molecule has 106 valence electrons. The lowest BCUT2D eigenvalue weighted by Gasteiger charge is -2.27. The minimum Gasteiger partial charge on any atom is -0.333 e. The quantitative estimate of drug-likeness (QED) is 0.856. The summed E-state index contributed by atoms with van der Waals surface area (Å²) in [5.74, 6) is 1.01. The topological polar surface area (TPSA) is 32.3 Å². The first-order valence-electron chi connectivity index (χ1n) is 6.68. The highest BCUT2D eigenvalue weighted by atomic mass is 32.2. The van der Waals surface area contributed by atoms with Crippen LogP contribution < -0.4 is 5.32 Å². The number of thioether (sulfide) groups is 1. The van der Waals surface area contributed by atoms with Crippen molar-refractivity contribution in [3.8, 4) is 0 Å². The summed E-state index contributed by atoms with van der Waals surface area (Å²) in [6, 6.07) is 4.38. The molecule has 1 aromatic heterocycles. The van der Waals surface area contributed by atoms with Crippen molar-refractivity contribution in [2.45, 2.75) is 38.0 Å². The molecule has 0 aliphatic carbocycles. The second-order valence-corrected chi connectivity index (χ2v) is 8.12. The van der Waals surface area contributed by atoms with E-state index >= 15 is 0 Å². The van der Waals surface area contributed by atoms with Crippen LogP contribution in [0.15, 0.2) is 17.5 Å². The summed E-state index contributed by atoms with van der Waals surface area (Å²) < 4.78 is 0. The molecule has 2 heterocycles. The number of carbonyl (C=O) groups is 1. The summed E-state index contributed by atoms with van der Waals surface area (Å²) in [4.78, 5) is 15.6. The highest BCUT2D eigenvalue weighted by molar-refractivity contribution is 7.99. The molecular weight excluding hydrogens is 276 g/mol. The molecule has 0 radical (unpaired) electrons. The van der Waals surface area contributed by atoms with Gasteiger partial charge in [0.2, 0.25) is 0 Å². The maximum Gasteiger partial charge on any atom is 0.317 e. The van der Waals surface area contributed by atoms with Crippen molar-refractivity contribution >= 4 is 29.1 Å². The zero-order chi connectivity index (χ0) is 13.9. The van der Waals surface area contributed by atoms with Crippen molar-refractivity contribution in [1.29, 1.82) is 0 Å². The van der Waals surface area contributed by atoms with E-state index in [0.29, 0.717) is 5.25 Å². The van der Waals surface area contributed by atoms with Crippen LogP contribution in [0, 0.1) is 0 Å². The van der Waals surface area contributed by atoms with E-state index in [9.17, 15) is 4.79 Å². The molecule has 0 saturated carbocycles. The summed E-state index contributed by atoms with van der Waals surface area (Å²) in [6.45, 7) is 7.75. The maximum atomic E-state index is 12.2. The fourth-order valence-electron chi connectivity index (χ4n) is 2.08. The Hall–Kier alpha value is -0.680. The Labute approximate surface area is 123 Å². The Kier molecular flexibility index (Phi) is 4.79. The Balaban J connectivity index is 1.91.